The van der Waals surface area contributed by atoms with Gasteiger partial charge in [0.1, 0.15) is 19.0 Å². The molecule has 0 unspecified atom stereocenters. The minimum atomic E-state index is -0.543. The molecule has 0 aliphatic heterocycles. The third-order valence-corrected chi connectivity index (χ3v) is 4.48. The number of nitro benzene ring substituents is 1. The lowest BCUT2D eigenvalue weighted by Gasteiger charge is -2.08. The second-order valence-corrected chi connectivity index (χ2v) is 6.82. The number of nitro groups is 1. The smallest absolute Gasteiger partial charge is 0.338 e. The van der Waals surface area contributed by atoms with E-state index in [1.807, 2.05) is 24.3 Å². The highest BCUT2D eigenvalue weighted by Crippen LogP contribution is 2.20. The van der Waals surface area contributed by atoms with Crippen LogP contribution in [0.15, 0.2) is 77.3 Å². The maximum atomic E-state index is 12.2. The third kappa shape index (κ3) is 5.17. The van der Waals surface area contributed by atoms with Crippen LogP contribution >= 0.6 is 15.9 Å². The summed E-state index contributed by atoms with van der Waals surface area (Å²) in [5, 5.41) is 11.0. The average Bonchev–Trinajstić information content (AvgIpc) is 2.72. The molecule has 0 saturated heterocycles. The van der Waals surface area contributed by atoms with E-state index in [2.05, 4.69) is 15.9 Å². The molecule has 142 valence electrons. The normalized spacial score (nSPS) is 10.3. The fourth-order valence-corrected chi connectivity index (χ4v) is 2.74. The second kappa shape index (κ2) is 9.14. The van der Waals surface area contributed by atoms with Crippen molar-refractivity contribution in [3.05, 3.63) is 104 Å². The van der Waals surface area contributed by atoms with Crippen LogP contribution in [-0.2, 0) is 18.0 Å². The molecule has 0 fully saturated rings. The zero-order valence-electron chi connectivity index (χ0n) is 14.7. The summed E-state index contributed by atoms with van der Waals surface area (Å²) in [6, 6.07) is 20.5. The van der Waals surface area contributed by atoms with Crippen molar-refractivity contribution in [1.82, 2.24) is 0 Å². The Morgan fingerprint density at radius 3 is 2.29 bits per heavy atom. The Morgan fingerprint density at radius 2 is 1.61 bits per heavy atom. The van der Waals surface area contributed by atoms with Crippen molar-refractivity contribution in [2.24, 2.45) is 0 Å². The molecular formula is C21H16BrNO5. The van der Waals surface area contributed by atoms with Gasteiger partial charge in [0, 0.05) is 10.5 Å². The van der Waals surface area contributed by atoms with E-state index in [0.29, 0.717) is 17.7 Å². The van der Waals surface area contributed by atoms with E-state index in [4.69, 9.17) is 9.47 Å². The monoisotopic (exact) mass is 441 g/mol. The third-order valence-electron chi connectivity index (χ3n) is 3.96. The van der Waals surface area contributed by atoms with Crippen molar-refractivity contribution in [3.63, 3.8) is 0 Å². The molecule has 0 saturated carbocycles. The van der Waals surface area contributed by atoms with Crippen LogP contribution < -0.4 is 4.74 Å². The van der Waals surface area contributed by atoms with E-state index >= 15 is 0 Å². The summed E-state index contributed by atoms with van der Waals surface area (Å²) >= 11 is 3.37. The SMILES string of the molecule is O=C(OCc1ccccc1[N+](=O)[O-])c1ccc(COc2ccc(Br)cc2)cc1. The topological polar surface area (TPSA) is 78.7 Å². The number of esters is 1. The van der Waals surface area contributed by atoms with Crippen molar-refractivity contribution in [1.29, 1.82) is 0 Å². The number of hydrogen-bond acceptors (Lipinski definition) is 5. The molecule has 0 spiro atoms. The van der Waals surface area contributed by atoms with Gasteiger partial charge in [-0.3, -0.25) is 10.1 Å². The number of carbonyl (C=O) groups excluding carboxylic acids is 1. The summed E-state index contributed by atoms with van der Waals surface area (Å²) in [5.41, 5.74) is 1.54. The molecule has 6 nitrogen and oxygen atoms in total. The fraction of sp³-hybridized carbons (Fsp3) is 0.0952. The molecule has 3 aromatic rings. The highest BCUT2D eigenvalue weighted by Gasteiger charge is 2.15. The number of hydrogen-bond donors (Lipinski definition) is 0. The molecule has 0 N–H and O–H groups in total. The molecule has 0 bridgehead atoms. The van der Waals surface area contributed by atoms with Crippen molar-refractivity contribution in [2.45, 2.75) is 13.2 Å². The van der Waals surface area contributed by atoms with Gasteiger partial charge in [-0.15, -0.1) is 0 Å². The summed E-state index contributed by atoms with van der Waals surface area (Å²) < 4.78 is 11.9. The van der Waals surface area contributed by atoms with Gasteiger partial charge in [0.25, 0.3) is 5.69 Å². The Morgan fingerprint density at radius 1 is 0.929 bits per heavy atom. The Hall–Kier alpha value is -3.19. The number of para-hydroxylation sites is 1. The fourth-order valence-electron chi connectivity index (χ4n) is 2.47. The van der Waals surface area contributed by atoms with Crippen molar-refractivity contribution < 1.29 is 19.2 Å². The molecule has 3 aromatic carbocycles. The largest absolute Gasteiger partial charge is 0.489 e. The van der Waals surface area contributed by atoms with Crippen molar-refractivity contribution in [3.8, 4) is 5.75 Å². The zero-order chi connectivity index (χ0) is 19.9. The van der Waals surface area contributed by atoms with Crippen LogP contribution in [-0.4, -0.2) is 10.9 Å². The standard InChI is InChI=1S/C21H16BrNO5/c22-18-9-11-19(12-10-18)27-13-15-5-7-16(8-6-15)21(24)28-14-17-3-1-2-4-20(17)23(25)26/h1-12H,13-14H2. The summed E-state index contributed by atoms with van der Waals surface area (Å²) in [4.78, 5) is 22.7. The molecule has 28 heavy (non-hydrogen) atoms. The molecule has 0 aromatic heterocycles. The lowest BCUT2D eigenvalue weighted by atomic mass is 10.1. The van der Waals surface area contributed by atoms with Gasteiger partial charge in [0.15, 0.2) is 0 Å². The second-order valence-electron chi connectivity index (χ2n) is 5.90. The molecule has 0 atom stereocenters. The van der Waals surface area contributed by atoms with E-state index in [0.717, 1.165) is 15.8 Å². The summed E-state index contributed by atoms with van der Waals surface area (Å²) in [6.45, 7) is 0.206. The molecule has 0 aliphatic rings. The predicted molar refractivity (Wildman–Crippen MR) is 107 cm³/mol. The number of halogens is 1. The van der Waals surface area contributed by atoms with E-state index in [1.54, 1.807) is 42.5 Å². The Labute approximate surface area is 170 Å². The van der Waals surface area contributed by atoms with E-state index in [1.165, 1.54) is 6.07 Å². The first-order valence-corrected chi connectivity index (χ1v) is 9.19. The van der Waals surface area contributed by atoms with Gasteiger partial charge in [-0.1, -0.05) is 40.2 Å². The van der Waals surface area contributed by atoms with Gasteiger partial charge in [0.2, 0.25) is 0 Å². The maximum absolute atomic E-state index is 12.2. The van der Waals surface area contributed by atoms with Crippen LogP contribution in [0.25, 0.3) is 0 Å². The number of nitrogens with zero attached hydrogens (tertiary/aromatic N) is 1. The van der Waals surface area contributed by atoms with Gasteiger partial charge in [-0.05, 0) is 48.0 Å². The molecule has 0 amide bonds. The van der Waals surface area contributed by atoms with Crippen LogP contribution in [0.2, 0.25) is 0 Å². The molecule has 0 aliphatic carbocycles. The zero-order valence-corrected chi connectivity index (χ0v) is 16.3. The van der Waals surface area contributed by atoms with E-state index in [9.17, 15) is 14.9 Å². The van der Waals surface area contributed by atoms with Gasteiger partial charge >= 0.3 is 5.97 Å². The molecular weight excluding hydrogens is 426 g/mol. The summed E-state index contributed by atoms with van der Waals surface area (Å²) in [6.07, 6.45) is 0. The van der Waals surface area contributed by atoms with Crippen LogP contribution in [0.1, 0.15) is 21.5 Å². The van der Waals surface area contributed by atoms with Gasteiger partial charge in [-0.2, -0.15) is 0 Å². The quantitative estimate of drug-likeness (QED) is 0.282. The summed E-state index contributed by atoms with van der Waals surface area (Å²) in [5.74, 6) is 0.203. The first-order chi connectivity index (χ1) is 13.5. The first kappa shape index (κ1) is 19.6. The number of ether oxygens (including phenoxy) is 2. The van der Waals surface area contributed by atoms with Gasteiger partial charge in [-0.25, -0.2) is 4.79 Å². The molecule has 3 rings (SSSR count). The van der Waals surface area contributed by atoms with Crippen LogP contribution in [0.5, 0.6) is 5.75 Å². The average molecular weight is 442 g/mol. The predicted octanol–water partition coefficient (Wildman–Crippen LogP) is 5.29. The summed E-state index contributed by atoms with van der Waals surface area (Å²) in [7, 11) is 0. The van der Waals surface area contributed by atoms with Crippen molar-refractivity contribution >= 4 is 27.6 Å². The van der Waals surface area contributed by atoms with Crippen LogP contribution in [0.3, 0.4) is 0 Å². The Bertz CT molecular complexity index is 971. The van der Waals surface area contributed by atoms with Gasteiger partial charge in [0.05, 0.1) is 16.1 Å². The maximum Gasteiger partial charge on any atom is 0.338 e. The Balaban J connectivity index is 1.56. The van der Waals surface area contributed by atoms with Gasteiger partial charge < -0.3 is 9.47 Å². The number of carbonyl (C=O) groups is 1. The first-order valence-electron chi connectivity index (χ1n) is 8.39. The molecule has 7 heteroatoms. The highest BCUT2D eigenvalue weighted by molar-refractivity contribution is 9.10. The van der Waals surface area contributed by atoms with Crippen LogP contribution in [0, 0.1) is 10.1 Å². The highest BCUT2D eigenvalue weighted by atomic mass is 79.9. The molecule has 0 heterocycles. The van der Waals surface area contributed by atoms with E-state index in [-0.39, 0.29) is 12.3 Å². The lowest BCUT2D eigenvalue weighted by Crippen LogP contribution is -2.07. The minimum absolute atomic E-state index is 0.0734. The Kier molecular flexibility index (Phi) is 6.39. The number of benzene rings is 3. The van der Waals surface area contributed by atoms with Crippen molar-refractivity contribution in [2.75, 3.05) is 0 Å². The minimum Gasteiger partial charge on any atom is -0.489 e. The molecule has 0 radical (unpaired) electrons. The lowest BCUT2D eigenvalue weighted by molar-refractivity contribution is -0.385. The number of rotatable bonds is 7. The van der Waals surface area contributed by atoms with Crippen LogP contribution in [0.4, 0.5) is 5.69 Å². The van der Waals surface area contributed by atoms with E-state index < -0.39 is 10.9 Å².